The van der Waals surface area contributed by atoms with Crippen molar-refractivity contribution >= 4 is 39.3 Å². The van der Waals surface area contributed by atoms with Crippen LogP contribution in [0.5, 0.6) is 5.75 Å². The molecule has 0 heterocycles. The SMILES string of the molecule is N#CSc1cc(Br)cc(Cl)c1O. The first-order valence-electron chi connectivity index (χ1n) is 2.89. The van der Waals surface area contributed by atoms with Crippen molar-refractivity contribution in [3.05, 3.63) is 21.6 Å². The molecule has 0 aliphatic rings. The van der Waals surface area contributed by atoms with Crippen LogP contribution < -0.4 is 0 Å². The van der Waals surface area contributed by atoms with E-state index in [1.165, 1.54) is 0 Å². The zero-order valence-electron chi connectivity index (χ0n) is 5.71. The third-order valence-corrected chi connectivity index (χ3v) is 2.52. The van der Waals surface area contributed by atoms with Crippen LogP contribution in [-0.2, 0) is 0 Å². The molecule has 0 fully saturated rings. The molecule has 0 saturated carbocycles. The van der Waals surface area contributed by atoms with Gasteiger partial charge in [-0.15, -0.1) is 0 Å². The van der Waals surface area contributed by atoms with Gasteiger partial charge >= 0.3 is 0 Å². The fraction of sp³-hybridized carbons (Fsp3) is 0. The molecule has 2 nitrogen and oxygen atoms in total. The van der Waals surface area contributed by atoms with Crippen molar-refractivity contribution in [2.24, 2.45) is 0 Å². The van der Waals surface area contributed by atoms with Gasteiger partial charge in [-0.05, 0) is 23.9 Å². The number of phenols is 1. The molecule has 1 rings (SSSR count). The van der Waals surface area contributed by atoms with Crippen LogP contribution in [0, 0.1) is 10.7 Å². The maximum Gasteiger partial charge on any atom is 0.148 e. The van der Waals surface area contributed by atoms with Crippen molar-refractivity contribution in [1.82, 2.24) is 0 Å². The van der Waals surface area contributed by atoms with E-state index >= 15 is 0 Å². The van der Waals surface area contributed by atoms with E-state index in [0.717, 1.165) is 16.2 Å². The monoisotopic (exact) mass is 263 g/mol. The van der Waals surface area contributed by atoms with Crippen molar-refractivity contribution in [3.63, 3.8) is 0 Å². The standard InChI is InChI=1S/C7H3BrClNOS/c8-4-1-5(9)7(11)6(2-4)12-3-10/h1-2,11H. The second-order valence-electron chi connectivity index (χ2n) is 1.93. The minimum absolute atomic E-state index is 0.0496. The number of halogens is 2. The lowest BCUT2D eigenvalue weighted by Gasteiger charge is -2.01. The van der Waals surface area contributed by atoms with Crippen LogP contribution in [0.25, 0.3) is 0 Å². The maximum absolute atomic E-state index is 9.33. The highest BCUT2D eigenvalue weighted by molar-refractivity contribution is 9.10. The molecule has 0 saturated heterocycles. The van der Waals surface area contributed by atoms with Gasteiger partial charge in [0.15, 0.2) is 0 Å². The third kappa shape index (κ3) is 2.07. The van der Waals surface area contributed by atoms with Gasteiger partial charge in [-0.3, -0.25) is 0 Å². The van der Waals surface area contributed by atoms with Gasteiger partial charge in [0.25, 0.3) is 0 Å². The molecule has 0 aliphatic heterocycles. The smallest absolute Gasteiger partial charge is 0.148 e. The van der Waals surface area contributed by atoms with E-state index in [-0.39, 0.29) is 10.8 Å². The summed E-state index contributed by atoms with van der Waals surface area (Å²) in [7, 11) is 0. The molecule has 1 aromatic rings. The number of nitrogens with zero attached hydrogens (tertiary/aromatic N) is 1. The number of hydrogen-bond acceptors (Lipinski definition) is 3. The quantitative estimate of drug-likeness (QED) is 0.625. The van der Waals surface area contributed by atoms with Gasteiger partial charge in [0.1, 0.15) is 11.2 Å². The molecule has 0 atom stereocenters. The molecular formula is C7H3BrClNOS. The summed E-state index contributed by atoms with van der Waals surface area (Å²) in [4.78, 5) is 0.455. The summed E-state index contributed by atoms with van der Waals surface area (Å²) in [6.07, 6.45) is 0. The fourth-order valence-electron chi connectivity index (χ4n) is 0.669. The molecule has 5 heteroatoms. The number of aromatic hydroxyl groups is 1. The number of thiocyanates is 1. The summed E-state index contributed by atoms with van der Waals surface area (Å²) >= 11 is 9.72. The Bertz CT molecular complexity index is 350. The molecule has 0 unspecified atom stereocenters. The lowest BCUT2D eigenvalue weighted by Crippen LogP contribution is -1.75. The van der Waals surface area contributed by atoms with E-state index in [2.05, 4.69) is 15.9 Å². The molecule has 0 aliphatic carbocycles. The van der Waals surface area contributed by atoms with Gasteiger partial charge in [0.2, 0.25) is 0 Å². The van der Waals surface area contributed by atoms with Crippen molar-refractivity contribution in [1.29, 1.82) is 5.26 Å². The number of rotatable bonds is 1. The molecule has 0 spiro atoms. The Hall–Kier alpha value is -0.370. The average molecular weight is 265 g/mol. The third-order valence-electron chi connectivity index (χ3n) is 1.15. The number of thioether (sulfide) groups is 1. The molecule has 0 radical (unpaired) electrons. The molecule has 1 aromatic carbocycles. The van der Waals surface area contributed by atoms with E-state index in [4.69, 9.17) is 16.9 Å². The predicted molar refractivity (Wildman–Crippen MR) is 52.3 cm³/mol. The summed E-state index contributed by atoms with van der Waals surface area (Å²) in [5, 5.41) is 19.8. The molecule has 12 heavy (non-hydrogen) atoms. The Labute approximate surface area is 87.3 Å². The highest BCUT2D eigenvalue weighted by atomic mass is 79.9. The Kier molecular flexibility index (Phi) is 3.27. The summed E-state index contributed by atoms with van der Waals surface area (Å²) < 4.78 is 0.739. The number of phenolic OH excluding ortho intramolecular Hbond substituents is 1. The molecule has 0 bridgehead atoms. The summed E-state index contributed by atoms with van der Waals surface area (Å²) in [6.45, 7) is 0. The number of nitriles is 1. The van der Waals surface area contributed by atoms with Crippen LogP contribution in [0.2, 0.25) is 5.02 Å². The lowest BCUT2D eigenvalue weighted by molar-refractivity contribution is 0.462. The van der Waals surface area contributed by atoms with Gasteiger partial charge in [-0.1, -0.05) is 27.5 Å². The van der Waals surface area contributed by atoms with Crippen LogP contribution in [0.1, 0.15) is 0 Å². The Morgan fingerprint density at radius 3 is 2.83 bits per heavy atom. The van der Waals surface area contributed by atoms with Gasteiger partial charge < -0.3 is 5.11 Å². The zero-order valence-corrected chi connectivity index (χ0v) is 8.87. The number of hydrogen-bond donors (Lipinski definition) is 1. The summed E-state index contributed by atoms with van der Waals surface area (Å²) in [5.41, 5.74) is 0. The predicted octanol–water partition coefficient (Wildman–Crippen LogP) is 3.38. The first kappa shape index (κ1) is 9.72. The van der Waals surface area contributed by atoms with Crippen LogP contribution in [0.15, 0.2) is 21.5 Å². The molecule has 0 amide bonds. The van der Waals surface area contributed by atoms with Gasteiger partial charge in [0.05, 0.1) is 9.92 Å². The van der Waals surface area contributed by atoms with Crippen LogP contribution in [0.4, 0.5) is 0 Å². The van der Waals surface area contributed by atoms with Crippen molar-refractivity contribution in [2.45, 2.75) is 4.90 Å². The Morgan fingerprint density at radius 2 is 2.25 bits per heavy atom. The minimum Gasteiger partial charge on any atom is -0.505 e. The normalized spacial score (nSPS) is 9.42. The summed E-state index contributed by atoms with van der Waals surface area (Å²) in [6, 6.07) is 3.20. The van der Waals surface area contributed by atoms with Crippen molar-refractivity contribution in [2.75, 3.05) is 0 Å². The topological polar surface area (TPSA) is 44.0 Å². The molecule has 1 N–H and O–H groups in total. The van der Waals surface area contributed by atoms with Gasteiger partial charge in [0, 0.05) is 4.47 Å². The van der Waals surface area contributed by atoms with E-state index in [1.54, 1.807) is 12.1 Å². The van der Waals surface area contributed by atoms with Gasteiger partial charge in [-0.2, -0.15) is 5.26 Å². The Morgan fingerprint density at radius 1 is 1.58 bits per heavy atom. The first-order chi connectivity index (χ1) is 5.65. The van der Waals surface area contributed by atoms with Crippen molar-refractivity contribution in [3.8, 4) is 11.2 Å². The number of benzene rings is 1. The Balaban J connectivity index is 3.20. The first-order valence-corrected chi connectivity index (χ1v) is 4.88. The van der Waals surface area contributed by atoms with E-state index in [9.17, 15) is 5.11 Å². The maximum atomic E-state index is 9.33. The zero-order chi connectivity index (χ0) is 9.14. The van der Waals surface area contributed by atoms with E-state index in [1.807, 2.05) is 5.40 Å². The second-order valence-corrected chi connectivity index (χ2v) is 4.08. The lowest BCUT2D eigenvalue weighted by atomic mass is 10.3. The summed E-state index contributed by atoms with van der Waals surface area (Å²) in [5.74, 6) is -0.0496. The van der Waals surface area contributed by atoms with E-state index in [0.29, 0.717) is 4.90 Å². The van der Waals surface area contributed by atoms with E-state index < -0.39 is 0 Å². The molecular weight excluding hydrogens is 262 g/mol. The van der Waals surface area contributed by atoms with Crippen molar-refractivity contribution < 1.29 is 5.11 Å². The largest absolute Gasteiger partial charge is 0.505 e. The van der Waals surface area contributed by atoms with Crippen LogP contribution in [0.3, 0.4) is 0 Å². The van der Waals surface area contributed by atoms with Crippen LogP contribution >= 0.6 is 39.3 Å². The van der Waals surface area contributed by atoms with Gasteiger partial charge in [-0.25, -0.2) is 0 Å². The minimum atomic E-state index is -0.0496. The fourth-order valence-corrected chi connectivity index (χ4v) is 2.18. The molecule has 0 aromatic heterocycles. The highest BCUT2D eigenvalue weighted by Crippen LogP contribution is 2.36. The average Bonchev–Trinajstić information content (AvgIpc) is 2.00. The second kappa shape index (κ2) is 4.04. The molecule has 62 valence electrons. The van der Waals surface area contributed by atoms with Crippen LogP contribution in [-0.4, -0.2) is 5.11 Å². The highest BCUT2D eigenvalue weighted by Gasteiger charge is 2.07.